The van der Waals surface area contributed by atoms with Crippen LogP contribution in [0, 0.1) is 17.3 Å². The van der Waals surface area contributed by atoms with Crippen LogP contribution in [0.2, 0.25) is 5.02 Å². The largest absolute Gasteiger partial charge is 0.286 e. The van der Waals surface area contributed by atoms with Crippen molar-refractivity contribution < 1.29 is 10.0 Å². The van der Waals surface area contributed by atoms with E-state index < -0.39 is 11.3 Å². The smallest absolute Gasteiger partial charge is 0.263 e. The minimum absolute atomic E-state index is 0.0228. The predicted octanol–water partition coefficient (Wildman–Crippen LogP) is 4.14. The maximum atomic E-state index is 12.4. The maximum absolute atomic E-state index is 12.4. The van der Waals surface area contributed by atoms with Gasteiger partial charge in [0.1, 0.15) is 5.41 Å². The zero-order valence-corrected chi connectivity index (χ0v) is 13.8. The highest BCUT2D eigenvalue weighted by atomic mass is 35.5. The van der Waals surface area contributed by atoms with Gasteiger partial charge < -0.3 is 0 Å². The molecule has 23 heavy (non-hydrogen) atoms. The van der Waals surface area contributed by atoms with E-state index in [1.807, 2.05) is 30.3 Å². The molecule has 1 N–H and O–H groups in total. The van der Waals surface area contributed by atoms with Gasteiger partial charge in [-0.15, -0.1) is 0 Å². The van der Waals surface area contributed by atoms with Crippen LogP contribution in [0.5, 0.6) is 0 Å². The lowest BCUT2D eigenvalue weighted by Gasteiger charge is -2.23. The van der Waals surface area contributed by atoms with Crippen LogP contribution in [0.15, 0.2) is 54.6 Å². The molecule has 0 unspecified atom stereocenters. The van der Waals surface area contributed by atoms with E-state index in [1.54, 1.807) is 38.1 Å². The quantitative estimate of drug-likeness (QED) is 0.523. The number of nitrogens with zero attached hydrogens (tertiary/aromatic N) is 1. The van der Waals surface area contributed by atoms with Gasteiger partial charge in [-0.25, -0.2) is 5.06 Å². The van der Waals surface area contributed by atoms with Gasteiger partial charge in [-0.05, 0) is 37.6 Å². The third kappa shape index (κ3) is 4.59. The number of hydrogen-bond acceptors (Lipinski definition) is 2. The highest BCUT2D eigenvalue weighted by Gasteiger charge is 2.30. The summed E-state index contributed by atoms with van der Waals surface area (Å²) in [7, 11) is 0. The summed E-state index contributed by atoms with van der Waals surface area (Å²) in [4.78, 5) is 12.4. The molecule has 0 radical (unpaired) electrons. The number of benzene rings is 2. The van der Waals surface area contributed by atoms with E-state index in [9.17, 15) is 10.0 Å². The van der Waals surface area contributed by atoms with Gasteiger partial charge in [0.2, 0.25) is 0 Å². The molecule has 0 spiro atoms. The van der Waals surface area contributed by atoms with Crippen LogP contribution in [-0.4, -0.2) is 16.2 Å². The van der Waals surface area contributed by atoms with Gasteiger partial charge in [-0.2, -0.15) is 0 Å². The molecule has 0 fully saturated rings. The Kier molecular flexibility index (Phi) is 5.44. The van der Waals surface area contributed by atoms with Crippen molar-refractivity contribution >= 4 is 17.5 Å². The number of carbonyl (C=O) groups is 1. The lowest BCUT2D eigenvalue weighted by molar-refractivity contribution is -0.175. The molecule has 0 aromatic heterocycles. The summed E-state index contributed by atoms with van der Waals surface area (Å²) < 4.78 is 0. The Morgan fingerprint density at radius 2 is 1.74 bits per heavy atom. The molecule has 0 aliphatic rings. The van der Waals surface area contributed by atoms with Crippen molar-refractivity contribution in [3.63, 3.8) is 0 Å². The third-order valence-corrected chi connectivity index (χ3v) is 3.71. The SMILES string of the molecule is CC(C)(C#Cc1ccccc1)C(=O)N(O)Cc1ccccc1Cl. The summed E-state index contributed by atoms with van der Waals surface area (Å²) in [6, 6.07) is 16.5. The Morgan fingerprint density at radius 3 is 2.39 bits per heavy atom. The van der Waals surface area contributed by atoms with E-state index in [2.05, 4.69) is 11.8 Å². The Bertz CT molecular complexity index is 745. The summed E-state index contributed by atoms with van der Waals surface area (Å²) in [5, 5.41) is 11.3. The van der Waals surface area contributed by atoms with Crippen LogP contribution in [0.25, 0.3) is 0 Å². The molecular formula is C19H18ClNO2. The fourth-order valence-electron chi connectivity index (χ4n) is 1.99. The lowest BCUT2D eigenvalue weighted by Crippen LogP contribution is -2.37. The van der Waals surface area contributed by atoms with Crippen molar-refractivity contribution in [1.82, 2.24) is 5.06 Å². The molecule has 0 saturated heterocycles. The summed E-state index contributed by atoms with van der Waals surface area (Å²) in [6.07, 6.45) is 0. The first kappa shape index (κ1) is 17.1. The molecule has 118 valence electrons. The highest BCUT2D eigenvalue weighted by molar-refractivity contribution is 6.31. The van der Waals surface area contributed by atoms with Crippen molar-refractivity contribution in [2.24, 2.45) is 5.41 Å². The van der Waals surface area contributed by atoms with Gasteiger partial charge in [0, 0.05) is 10.6 Å². The van der Waals surface area contributed by atoms with Crippen molar-refractivity contribution in [2.45, 2.75) is 20.4 Å². The molecule has 0 saturated carbocycles. The van der Waals surface area contributed by atoms with E-state index in [4.69, 9.17) is 11.6 Å². The Morgan fingerprint density at radius 1 is 1.13 bits per heavy atom. The van der Waals surface area contributed by atoms with Crippen molar-refractivity contribution in [3.05, 3.63) is 70.7 Å². The molecule has 3 nitrogen and oxygen atoms in total. The van der Waals surface area contributed by atoms with Gasteiger partial charge in [-0.3, -0.25) is 10.0 Å². The topological polar surface area (TPSA) is 40.5 Å². The van der Waals surface area contributed by atoms with Crippen LogP contribution in [0.1, 0.15) is 25.0 Å². The summed E-state index contributed by atoms with van der Waals surface area (Å²) in [5.41, 5.74) is 0.493. The van der Waals surface area contributed by atoms with Crippen LogP contribution < -0.4 is 0 Å². The van der Waals surface area contributed by atoms with Gasteiger partial charge >= 0.3 is 0 Å². The first-order valence-electron chi connectivity index (χ1n) is 7.22. The molecule has 2 aromatic rings. The zero-order chi connectivity index (χ0) is 16.9. The standard InChI is InChI=1S/C19H18ClNO2/c1-19(2,13-12-15-8-4-3-5-9-15)18(22)21(23)14-16-10-6-7-11-17(16)20/h3-11,23H,14H2,1-2H3. The number of halogens is 1. The minimum Gasteiger partial charge on any atom is -0.286 e. The van der Waals surface area contributed by atoms with Gasteiger partial charge in [-0.1, -0.05) is 59.8 Å². The summed E-state index contributed by atoms with van der Waals surface area (Å²) in [5.74, 6) is 5.41. The second-order valence-corrected chi connectivity index (χ2v) is 6.10. The summed E-state index contributed by atoms with van der Waals surface area (Å²) in [6.45, 7) is 3.39. The molecule has 0 aliphatic heterocycles. The number of amides is 1. The Labute approximate surface area is 141 Å². The van der Waals surface area contributed by atoms with E-state index >= 15 is 0 Å². The predicted molar refractivity (Wildman–Crippen MR) is 90.9 cm³/mol. The first-order chi connectivity index (χ1) is 10.9. The molecule has 4 heteroatoms. The van der Waals surface area contributed by atoms with E-state index in [0.29, 0.717) is 15.6 Å². The molecular weight excluding hydrogens is 310 g/mol. The monoisotopic (exact) mass is 327 g/mol. The highest BCUT2D eigenvalue weighted by Crippen LogP contribution is 2.21. The van der Waals surface area contributed by atoms with Crippen molar-refractivity contribution in [1.29, 1.82) is 0 Å². The van der Waals surface area contributed by atoms with E-state index in [0.717, 1.165) is 5.56 Å². The van der Waals surface area contributed by atoms with Crippen LogP contribution >= 0.6 is 11.6 Å². The second kappa shape index (κ2) is 7.32. The van der Waals surface area contributed by atoms with Crippen LogP contribution in [-0.2, 0) is 11.3 Å². The van der Waals surface area contributed by atoms with Crippen LogP contribution in [0.3, 0.4) is 0 Å². The van der Waals surface area contributed by atoms with Crippen molar-refractivity contribution in [3.8, 4) is 11.8 Å². The number of rotatable bonds is 3. The molecule has 0 aliphatic carbocycles. The maximum Gasteiger partial charge on any atom is 0.263 e. The molecule has 1 amide bonds. The van der Waals surface area contributed by atoms with Crippen LogP contribution in [0.4, 0.5) is 0 Å². The average Bonchev–Trinajstić information content (AvgIpc) is 2.55. The molecule has 2 aromatic carbocycles. The fourth-order valence-corrected chi connectivity index (χ4v) is 2.18. The number of hydrogen-bond donors (Lipinski definition) is 1. The fraction of sp³-hybridized carbons (Fsp3) is 0.211. The summed E-state index contributed by atoms with van der Waals surface area (Å²) >= 11 is 6.05. The number of hydroxylamine groups is 2. The van der Waals surface area contributed by atoms with E-state index in [-0.39, 0.29) is 6.54 Å². The number of carbonyl (C=O) groups excluding carboxylic acids is 1. The average molecular weight is 328 g/mol. The molecule has 0 bridgehead atoms. The third-order valence-electron chi connectivity index (χ3n) is 3.34. The van der Waals surface area contributed by atoms with Gasteiger partial charge in [0.25, 0.3) is 5.91 Å². The zero-order valence-electron chi connectivity index (χ0n) is 13.1. The lowest BCUT2D eigenvalue weighted by atomic mass is 9.92. The minimum atomic E-state index is -1.01. The van der Waals surface area contributed by atoms with Gasteiger partial charge in [0.05, 0.1) is 6.54 Å². The Hall–Kier alpha value is -2.28. The molecule has 2 rings (SSSR count). The van der Waals surface area contributed by atoms with E-state index in [1.165, 1.54) is 0 Å². The second-order valence-electron chi connectivity index (χ2n) is 5.70. The van der Waals surface area contributed by atoms with Crippen molar-refractivity contribution in [2.75, 3.05) is 0 Å². The first-order valence-corrected chi connectivity index (χ1v) is 7.60. The molecule has 0 heterocycles. The van der Waals surface area contributed by atoms with Gasteiger partial charge in [0.15, 0.2) is 0 Å². The molecule has 0 atom stereocenters. The Balaban J connectivity index is 2.12. The normalized spacial score (nSPS) is 10.6.